The van der Waals surface area contributed by atoms with E-state index in [1.807, 2.05) is 4.90 Å². The zero-order chi connectivity index (χ0) is 15.1. The van der Waals surface area contributed by atoms with E-state index in [4.69, 9.17) is 0 Å². The van der Waals surface area contributed by atoms with Gasteiger partial charge in [0.2, 0.25) is 11.8 Å². The Morgan fingerprint density at radius 1 is 1.14 bits per heavy atom. The fourth-order valence-corrected chi connectivity index (χ4v) is 3.30. The minimum Gasteiger partial charge on any atom is -0.339 e. The lowest BCUT2D eigenvalue weighted by Gasteiger charge is -2.29. The lowest BCUT2D eigenvalue weighted by Crippen LogP contribution is -2.49. The van der Waals surface area contributed by atoms with E-state index < -0.39 is 0 Å². The zero-order valence-electron chi connectivity index (χ0n) is 13.7. The van der Waals surface area contributed by atoms with E-state index in [-0.39, 0.29) is 30.8 Å². The SMILES string of the molecule is CN(CC(=O)N1CCNCC1)C(=O)CCC1CCCCC1.Cl. The fraction of sp³-hybridized carbons (Fsp3) is 0.875. The molecule has 0 aromatic carbocycles. The predicted octanol–water partition coefficient (Wildman–Crippen LogP) is 1.66. The first-order valence-corrected chi connectivity index (χ1v) is 8.39. The summed E-state index contributed by atoms with van der Waals surface area (Å²) in [7, 11) is 1.75. The van der Waals surface area contributed by atoms with E-state index in [1.54, 1.807) is 11.9 Å². The van der Waals surface area contributed by atoms with E-state index >= 15 is 0 Å². The molecule has 2 amide bonds. The fourth-order valence-electron chi connectivity index (χ4n) is 3.30. The van der Waals surface area contributed by atoms with Gasteiger partial charge in [-0.05, 0) is 12.3 Å². The van der Waals surface area contributed by atoms with Crippen molar-refractivity contribution in [3.63, 3.8) is 0 Å². The predicted molar refractivity (Wildman–Crippen MR) is 90.1 cm³/mol. The molecular weight excluding hydrogens is 302 g/mol. The van der Waals surface area contributed by atoms with Gasteiger partial charge in [0, 0.05) is 39.6 Å². The third-order valence-corrected chi connectivity index (χ3v) is 4.76. The molecule has 0 atom stereocenters. The van der Waals surface area contributed by atoms with Crippen molar-refractivity contribution in [3.8, 4) is 0 Å². The molecule has 1 saturated carbocycles. The number of piperazine rings is 1. The number of nitrogens with zero attached hydrogens (tertiary/aromatic N) is 2. The maximum absolute atomic E-state index is 12.1. The summed E-state index contributed by atoms with van der Waals surface area (Å²) < 4.78 is 0. The maximum atomic E-state index is 12.1. The van der Waals surface area contributed by atoms with Crippen molar-refractivity contribution in [2.75, 3.05) is 39.8 Å². The molecule has 6 heteroatoms. The summed E-state index contributed by atoms with van der Waals surface area (Å²) in [6, 6.07) is 0. The number of carbonyl (C=O) groups is 2. The molecule has 1 heterocycles. The summed E-state index contributed by atoms with van der Waals surface area (Å²) in [5.41, 5.74) is 0. The number of rotatable bonds is 5. The number of halogens is 1. The molecule has 0 bridgehead atoms. The minimum atomic E-state index is 0. The van der Waals surface area contributed by atoms with Crippen molar-refractivity contribution < 1.29 is 9.59 Å². The van der Waals surface area contributed by atoms with Crippen LogP contribution in [0.15, 0.2) is 0 Å². The van der Waals surface area contributed by atoms with Crippen LogP contribution in [0.5, 0.6) is 0 Å². The minimum absolute atomic E-state index is 0. The molecule has 5 nitrogen and oxygen atoms in total. The van der Waals surface area contributed by atoms with Gasteiger partial charge in [0.15, 0.2) is 0 Å². The lowest BCUT2D eigenvalue weighted by atomic mass is 9.86. The second-order valence-electron chi connectivity index (χ2n) is 6.42. The van der Waals surface area contributed by atoms with Crippen molar-refractivity contribution >= 4 is 24.2 Å². The quantitative estimate of drug-likeness (QED) is 0.833. The zero-order valence-corrected chi connectivity index (χ0v) is 14.5. The van der Waals surface area contributed by atoms with Crippen molar-refractivity contribution in [1.29, 1.82) is 0 Å². The summed E-state index contributed by atoms with van der Waals surface area (Å²) in [4.78, 5) is 27.7. The number of likely N-dealkylation sites (N-methyl/N-ethyl adjacent to an activating group) is 1. The smallest absolute Gasteiger partial charge is 0.242 e. The van der Waals surface area contributed by atoms with E-state index in [1.165, 1.54) is 32.1 Å². The van der Waals surface area contributed by atoms with Crippen LogP contribution in [0.1, 0.15) is 44.9 Å². The molecule has 1 N–H and O–H groups in total. The van der Waals surface area contributed by atoms with E-state index in [9.17, 15) is 9.59 Å². The Balaban J connectivity index is 0.00000242. The molecule has 0 unspecified atom stereocenters. The highest BCUT2D eigenvalue weighted by Gasteiger charge is 2.21. The van der Waals surface area contributed by atoms with Crippen LogP contribution >= 0.6 is 12.4 Å². The van der Waals surface area contributed by atoms with Gasteiger partial charge < -0.3 is 15.1 Å². The number of hydrogen-bond donors (Lipinski definition) is 1. The van der Waals surface area contributed by atoms with Crippen LogP contribution in [-0.4, -0.2) is 61.4 Å². The van der Waals surface area contributed by atoms with E-state index in [0.717, 1.165) is 38.5 Å². The number of amides is 2. The molecule has 0 aromatic rings. The molecular formula is C16H30ClN3O2. The Morgan fingerprint density at radius 3 is 2.41 bits per heavy atom. The first kappa shape index (κ1) is 19.2. The van der Waals surface area contributed by atoms with Gasteiger partial charge in [-0.3, -0.25) is 9.59 Å². The van der Waals surface area contributed by atoms with E-state index in [0.29, 0.717) is 6.42 Å². The standard InChI is InChI=1S/C16H29N3O2.ClH/c1-18(13-16(21)19-11-9-17-10-12-19)15(20)8-7-14-5-3-2-4-6-14;/h14,17H,2-13H2,1H3;1H. The third-order valence-electron chi connectivity index (χ3n) is 4.76. The second-order valence-corrected chi connectivity index (χ2v) is 6.42. The number of nitrogens with one attached hydrogen (secondary N) is 1. The molecule has 2 fully saturated rings. The first-order valence-electron chi connectivity index (χ1n) is 8.39. The van der Waals surface area contributed by atoms with Gasteiger partial charge in [-0.15, -0.1) is 12.4 Å². The highest BCUT2D eigenvalue weighted by atomic mass is 35.5. The Kier molecular flexibility index (Phi) is 8.79. The summed E-state index contributed by atoms with van der Waals surface area (Å²) in [5.74, 6) is 0.911. The molecule has 128 valence electrons. The van der Waals surface area contributed by atoms with Gasteiger partial charge in [0.05, 0.1) is 6.54 Å². The second kappa shape index (κ2) is 10.1. The number of carbonyl (C=O) groups excluding carboxylic acids is 2. The molecule has 0 aromatic heterocycles. The summed E-state index contributed by atoms with van der Waals surface area (Å²) in [6.07, 6.45) is 8.12. The summed E-state index contributed by atoms with van der Waals surface area (Å²) >= 11 is 0. The molecule has 0 radical (unpaired) electrons. The van der Waals surface area contributed by atoms with Crippen LogP contribution in [0.25, 0.3) is 0 Å². The third kappa shape index (κ3) is 6.13. The van der Waals surface area contributed by atoms with Gasteiger partial charge in [0.1, 0.15) is 0 Å². The lowest BCUT2D eigenvalue weighted by molar-refractivity contribution is -0.139. The molecule has 2 rings (SSSR count). The van der Waals surface area contributed by atoms with Crippen molar-refractivity contribution in [2.24, 2.45) is 5.92 Å². The van der Waals surface area contributed by atoms with Crippen LogP contribution in [0.2, 0.25) is 0 Å². The Morgan fingerprint density at radius 2 is 1.77 bits per heavy atom. The molecule has 1 aliphatic carbocycles. The van der Waals surface area contributed by atoms with Crippen molar-refractivity contribution in [3.05, 3.63) is 0 Å². The van der Waals surface area contributed by atoms with Gasteiger partial charge in [-0.1, -0.05) is 32.1 Å². The summed E-state index contributed by atoms with van der Waals surface area (Å²) in [5, 5.41) is 3.23. The van der Waals surface area contributed by atoms with Gasteiger partial charge in [-0.25, -0.2) is 0 Å². The number of hydrogen-bond acceptors (Lipinski definition) is 3. The van der Waals surface area contributed by atoms with Gasteiger partial charge >= 0.3 is 0 Å². The largest absolute Gasteiger partial charge is 0.339 e. The van der Waals surface area contributed by atoms with E-state index in [2.05, 4.69) is 5.32 Å². The molecule has 2 aliphatic rings. The first-order chi connectivity index (χ1) is 10.2. The topological polar surface area (TPSA) is 52.7 Å². The van der Waals surface area contributed by atoms with Gasteiger partial charge in [-0.2, -0.15) is 0 Å². The Hall–Kier alpha value is -0.810. The van der Waals surface area contributed by atoms with Gasteiger partial charge in [0.25, 0.3) is 0 Å². The molecule has 22 heavy (non-hydrogen) atoms. The van der Waals surface area contributed by atoms with Crippen molar-refractivity contribution in [2.45, 2.75) is 44.9 Å². The van der Waals surface area contributed by atoms with Crippen molar-refractivity contribution in [1.82, 2.24) is 15.1 Å². The highest BCUT2D eigenvalue weighted by Crippen LogP contribution is 2.27. The monoisotopic (exact) mass is 331 g/mol. The van der Waals surface area contributed by atoms with Crippen LogP contribution in [0, 0.1) is 5.92 Å². The highest BCUT2D eigenvalue weighted by molar-refractivity contribution is 5.85. The average molecular weight is 332 g/mol. The maximum Gasteiger partial charge on any atom is 0.242 e. The Bertz CT molecular complexity index is 353. The summed E-state index contributed by atoms with van der Waals surface area (Å²) in [6.45, 7) is 3.44. The molecule has 1 aliphatic heterocycles. The molecule has 0 spiro atoms. The average Bonchev–Trinajstić information content (AvgIpc) is 2.54. The molecule has 1 saturated heterocycles. The van der Waals surface area contributed by atoms with Crippen LogP contribution in [-0.2, 0) is 9.59 Å². The Labute approximate surface area is 140 Å². The van der Waals surface area contributed by atoms with Crippen LogP contribution in [0.3, 0.4) is 0 Å². The normalized spacial score (nSPS) is 19.4. The van der Waals surface area contributed by atoms with Crippen LogP contribution in [0.4, 0.5) is 0 Å². The van der Waals surface area contributed by atoms with Crippen LogP contribution < -0.4 is 5.32 Å².